The highest BCUT2D eigenvalue weighted by atomic mass is 19.1. The van der Waals surface area contributed by atoms with Gasteiger partial charge in [0.2, 0.25) is 0 Å². The van der Waals surface area contributed by atoms with Crippen molar-refractivity contribution in [2.45, 2.75) is 20.3 Å². The highest BCUT2D eigenvalue weighted by Crippen LogP contribution is 2.14. The lowest BCUT2D eigenvalue weighted by molar-refractivity contribution is 0.626. The van der Waals surface area contributed by atoms with E-state index in [0.29, 0.717) is 6.54 Å². The third-order valence-corrected chi connectivity index (χ3v) is 2.31. The standard InChI is InChI=1S/C12H16FN/c1-3-10(8-14)7-11-4-5-12(13)6-9(11)2/h4-7H,3,8,14H2,1-2H3. The molecule has 0 bridgehead atoms. The molecule has 0 unspecified atom stereocenters. The second-order valence-electron chi connectivity index (χ2n) is 3.36. The average molecular weight is 193 g/mol. The summed E-state index contributed by atoms with van der Waals surface area (Å²) in [6.45, 7) is 4.53. The quantitative estimate of drug-likeness (QED) is 0.784. The van der Waals surface area contributed by atoms with Crippen molar-refractivity contribution in [3.05, 3.63) is 40.7 Å². The molecule has 0 fully saturated rings. The first kappa shape index (κ1) is 10.9. The van der Waals surface area contributed by atoms with Crippen LogP contribution in [0.5, 0.6) is 0 Å². The molecule has 0 atom stereocenters. The Kier molecular flexibility index (Phi) is 3.84. The van der Waals surface area contributed by atoms with E-state index >= 15 is 0 Å². The Labute approximate surface area is 84.4 Å². The molecule has 1 nitrogen and oxygen atoms in total. The van der Waals surface area contributed by atoms with E-state index < -0.39 is 0 Å². The van der Waals surface area contributed by atoms with Gasteiger partial charge in [-0.15, -0.1) is 0 Å². The Morgan fingerprint density at radius 1 is 1.50 bits per heavy atom. The van der Waals surface area contributed by atoms with Crippen LogP contribution in [-0.4, -0.2) is 6.54 Å². The van der Waals surface area contributed by atoms with Crippen LogP contribution in [0.4, 0.5) is 4.39 Å². The van der Waals surface area contributed by atoms with E-state index in [4.69, 9.17) is 5.73 Å². The first-order valence-electron chi connectivity index (χ1n) is 4.83. The molecule has 0 aromatic heterocycles. The minimum atomic E-state index is -0.189. The van der Waals surface area contributed by atoms with E-state index in [1.54, 1.807) is 6.07 Å². The van der Waals surface area contributed by atoms with Gasteiger partial charge in [-0.1, -0.05) is 24.6 Å². The molecular formula is C12H16FN. The van der Waals surface area contributed by atoms with Crippen LogP contribution in [0.15, 0.2) is 23.8 Å². The number of halogens is 1. The summed E-state index contributed by atoms with van der Waals surface area (Å²) in [7, 11) is 0. The van der Waals surface area contributed by atoms with Crippen molar-refractivity contribution < 1.29 is 4.39 Å². The van der Waals surface area contributed by atoms with Crippen LogP contribution in [0.1, 0.15) is 24.5 Å². The van der Waals surface area contributed by atoms with Crippen LogP contribution < -0.4 is 5.73 Å². The summed E-state index contributed by atoms with van der Waals surface area (Å²) in [6.07, 6.45) is 2.97. The van der Waals surface area contributed by atoms with E-state index in [2.05, 4.69) is 6.92 Å². The van der Waals surface area contributed by atoms with Gasteiger partial charge in [0.1, 0.15) is 5.82 Å². The lowest BCUT2D eigenvalue weighted by atomic mass is 10.0. The fraction of sp³-hybridized carbons (Fsp3) is 0.333. The number of nitrogens with two attached hydrogens (primary N) is 1. The van der Waals surface area contributed by atoms with Crippen LogP contribution in [0, 0.1) is 12.7 Å². The Hall–Kier alpha value is -1.15. The van der Waals surface area contributed by atoms with Gasteiger partial charge in [-0.2, -0.15) is 0 Å². The molecule has 76 valence electrons. The van der Waals surface area contributed by atoms with E-state index in [1.165, 1.54) is 17.7 Å². The first-order chi connectivity index (χ1) is 6.67. The largest absolute Gasteiger partial charge is 0.327 e. The van der Waals surface area contributed by atoms with Crippen molar-refractivity contribution in [2.24, 2.45) is 5.73 Å². The maximum atomic E-state index is 12.8. The molecule has 0 heterocycles. The molecule has 0 aliphatic rings. The third-order valence-electron chi connectivity index (χ3n) is 2.31. The van der Waals surface area contributed by atoms with E-state index in [1.807, 2.05) is 13.0 Å². The van der Waals surface area contributed by atoms with Gasteiger partial charge in [0.25, 0.3) is 0 Å². The van der Waals surface area contributed by atoms with Crippen LogP contribution in [0.25, 0.3) is 6.08 Å². The summed E-state index contributed by atoms with van der Waals surface area (Å²) in [4.78, 5) is 0. The van der Waals surface area contributed by atoms with E-state index in [0.717, 1.165) is 17.5 Å². The fourth-order valence-corrected chi connectivity index (χ4v) is 1.33. The predicted octanol–water partition coefficient (Wildman–Crippen LogP) is 2.89. The van der Waals surface area contributed by atoms with E-state index in [-0.39, 0.29) is 5.82 Å². The normalized spacial score (nSPS) is 11.9. The molecule has 0 spiro atoms. The van der Waals surface area contributed by atoms with Crippen molar-refractivity contribution in [1.82, 2.24) is 0 Å². The minimum absolute atomic E-state index is 0.189. The molecule has 0 radical (unpaired) electrons. The molecule has 14 heavy (non-hydrogen) atoms. The average Bonchev–Trinajstić information content (AvgIpc) is 2.17. The lowest BCUT2D eigenvalue weighted by Gasteiger charge is -2.04. The molecule has 2 N–H and O–H groups in total. The Morgan fingerprint density at radius 2 is 2.21 bits per heavy atom. The molecule has 0 saturated heterocycles. The van der Waals surface area contributed by atoms with Crippen LogP contribution in [-0.2, 0) is 0 Å². The molecule has 1 aromatic rings. The van der Waals surface area contributed by atoms with Crippen molar-refractivity contribution in [2.75, 3.05) is 6.54 Å². The summed E-state index contributed by atoms with van der Waals surface area (Å²) >= 11 is 0. The van der Waals surface area contributed by atoms with Gasteiger partial charge in [-0.25, -0.2) is 4.39 Å². The third kappa shape index (κ3) is 2.67. The maximum absolute atomic E-state index is 12.8. The Bertz CT molecular complexity index is 336. The first-order valence-corrected chi connectivity index (χ1v) is 4.83. The molecule has 1 aromatic carbocycles. The van der Waals surface area contributed by atoms with Gasteiger partial charge in [0.15, 0.2) is 0 Å². The van der Waals surface area contributed by atoms with Crippen molar-refractivity contribution in [3.63, 3.8) is 0 Å². The van der Waals surface area contributed by atoms with Gasteiger partial charge in [0.05, 0.1) is 0 Å². The zero-order valence-corrected chi connectivity index (χ0v) is 8.68. The van der Waals surface area contributed by atoms with Crippen LogP contribution >= 0.6 is 0 Å². The zero-order valence-electron chi connectivity index (χ0n) is 8.68. The van der Waals surface area contributed by atoms with Gasteiger partial charge in [-0.05, 0) is 36.6 Å². The molecule has 0 aliphatic carbocycles. The lowest BCUT2D eigenvalue weighted by Crippen LogP contribution is -2.02. The zero-order chi connectivity index (χ0) is 10.6. The summed E-state index contributed by atoms with van der Waals surface area (Å²) < 4.78 is 12.8. The molecular weight excluding hydrogens is 177 g/mol. The molecule has 1 rings (SSSR count). The molecule has 0 aliphatic heterocycles. The van der Waals surface area contributed by atoms with Gasteiger partial charge >= 0.3 is 0 Å². The number of rotatable bonds is 3. The number of hydrogen-bond acceptors (Lipinski definition) is 1. The molecule has 2 heteroatoms. The van der Waals surface area contributed by atoms with Gasteiger partial charge in [-0.3, -0.25) is 0 Å². The number of hydrogen-bond donors (Lipinski definition) is 1. The summed E-state index contributed by atoms with van der Waals surface area (Å²) in [5.74, 6) is -0.189. The second-order valence-corrected chi connectivity index (χ2v) is 3.36. The molecule has 0 amide bonds. The highest BCUT2D eigenvalue weighted by molar-refractivity contribution is 5.56. The second kappa shape index (κ2) is 4.91. The van der Waals surface area contributed by atoms with Crippen LogP contribution in [0.2, 0.25) is 0 Å². The minimum Gasteiger partial charge on any atom is -0.327 e. The predicted molar refractivity (Wildman–Crippen MR) is 58.5 cm³/mol. The fourth-order valence-electron chi connectivity index (χ4n) is 1.33. The topological polar surface area (TPSA) is 26.0 Å². The Morgan fingerprint density at radius 3 is 2.71 bits per heavy atom. The number of aryl methyl sites for hydroxylation is 1. The highest BCUT2D eigenvalue weighted by Gasteiger charge is 1.98. The number of benzene rings is 1. The summed E-state index contributed by atoms with van der Waals surface area (Å²) in [6, 6.07) is 4.80. The van der Waals surface area contributed by atoms with Gasteiger partial charge in [0, 0.05) is 6.54 Å². The molecule has 0 saturated carbocycles. The van der Waals surface area contributed by atoms with Crippen molar-refractivity contribution in [1.29, 1.82) is 0 Å². The monoisotopic (exact) mass is 193 g/mol. The summed E-state index contributed by atoms with van der Waals surface area (Å²) in [5, 5.41) is 0. The van der Waals surface area contributed by atoms with E-state index in [9.17, 15) is 4.39 Å². The smallest absolute Gasteiger partial charge is 0.123 e. The summed E-state index contributed by atoms with van der Waals surface area (Å²) in [5.41, 5.74) is 8.75. The van der Waals surface area contributed by atoms with Crippen molar-refractivity contribution in [3.8, 4) is 0 Å². The SMILES string of the molecule is CCC(=Cc1ccc(F)cc1C)CN. The maximum Gasteiger partial charge on any atom is 0.123 e. The van der Waals surface area contributed by atoms with Gasteiger partial charge < -0.3 is 5.73 Å². The van der Waals surface area contributed by atoms with Crippen LogP contribution in [0.3, 0.4) is 0 Å². The van der Waals surface area contributed by atoms with Crippen molar-refractivity contribution >= 4 is 6.08 Å². The Balaban J connectivity index is 3.02.